The van der Waals surface area contributed by atoms with Crippen LogP contribution < -0.4 is 4.74 Å². The molecule has 0 heterocycles. The van der Waals surface area contributed by atoms with E-state index in [1.165, 1.54) is 25.3 Å². The molecule has 0 radical (unpaired) electrons. The van der Waals surface area contributed by atoms with Gasteiger partial charge in [-0.15, -0.1) is 0 Å². The van der Waals surface area contributed by atoms with Crippen LogP contribution in [0.4, 0.5) is 0 Å². The van der Waals surface area contributed by atoms with E-state index in [9.17, 15) is 10.2 Å². The summed E-state index contributed by atoms with van der Waals surface area (Å²) in [5.41, 5.74) is 0.644. The van der Waals surface area contributed by atoms with Crippen LogP contribution in [0.2, 0.25) is 0 Å². The van der Waals surface area contributed by atoms with E-state index in [-0.39, 0.29) is 17.2 Å². The highest BCUT2D eigenvalue weighted by Crippen LogP contribution is 2.36. The molecule has 3 nitrogen and oxygen atoms in total. The lowest BCUT2D eigenvalue weighted by atomic mass is 10.2. The summed E-state index contributed by atoms with van der Waals surface area (Å²) in [6.45, 7) is 3.51. The van der Waals surface area contributed by atoms with E-state index < -0.39 is 0 Å². The van der Waals surface area contributed by atoms with E-state index in [0.29, 0.717) is 5.56 Å². The van der Waals surface area contributed by atoms with Gasteiger partial charge >= 0.3 is 0 Å². The average molecular weight is 166 g/mol. The molecule has 64 valence electrons. The predicted octanol–water partition coefficient (Wildman–Crippen LogP) is 1.75. The van der Waals surface area contributed by atoms with Crippen LogP contribution in [0, 0.1) is 0 Å². The first-order chi connectivity index (χ1) is 5.69. The van der Waals surface area contributed by atoms with Crippen molar-refractivity contribution >= 4 is 6.08 Å². The number of phenolic OH excluding ortho intramolecular Hbond substituents is 2. The van der Waals surface area contributed by atoms with Gasteiger partial charge in [-0.05, 0) is 17.7 Å². The molecule has 0 aliphatic rings. The summed E-state index contributed by atoms with van der Waals surface area (Å²) in [4.78, 5) is 0. The lowest BCUT2D eigenvalue weighted by Gasteiger charge is -2.06. The van der Waals surface area contributed by atoms with Crippen LogP contribution in [0.25, 0.3) is 6.08 Å². The number of methoxy groups -OCH3 is 1. The Kier molecular flexibility index (Phi) is 2.24. The van der Waals surface area contributed by atoms with Gasteiger partial charge in [-0.25, -0.2) is 0 Å². The van der Waals surface area contributed by atoms with Crippen molar-refractivity contribution in [3.8, 4) is 17.2 Å². The van der Waals surface area contributed by atoms with E-state index in [1.807, 2.05) is 0 Å². The summed E-state index contributed by atoms with van der Waals surface area (Å²) >= 11 is 0. The van der Waals surface area contributed by atoms with Crippen molar-refractivity contribution in [3.05, 3.63) is 24.3 Å². The van der Waals surface area contributed by atoms with Crippen LogP contribution in [-0.2, 0) is 0 Å². The first-order valence-corrected chi connectivity index (χ1v) is 3.41. The Labute approximate surface area is 70.5 Å². The smallest absolute Gasteiger partial charge is 0.202 e. The molecule has 0 saturated carbocycles. The monoisotopic (exact) mass is 166 g/mol. The van der Waals surface area contributed by atoms with Crippen molar-refractivity contribution in [3.63, 3.8) is 0 Å². The molecule has 0 atom stereocenters. The molecule has 2 N–H and O–H groups in total. The minimum absolute atomic E-state index is 0.0839. The molecule has 0 fully saturated rings. The molecule has 0 unspecified atom stereocenters. The van der Waals surface area contributed by atoms with Gasteiger partial charge in [-0.2, -0.15) is 0 Å². The second-order valence-corrected chi connectivity index (χ2v) is 2.30. The third-order valence-corrected chi connectivity index (χ3v) is 1.51. The summed E-state index contributed by atoms with van der Waals surface area (Å²) < 4.78 is 4.74. The SMILES string of the molecule is C=Cc1cc(O)c(OC)c(O)c1. The van der Waals surface area contributed by atoms with Crippen LogP contribution in [0.15, 0.2) is 18.7 Å². The van der Waals surface area contributed by atoms with Crippen molar-refractivity contribution in [2.24, 2.45) is 0 Å². The minimum Gasteiger partial charge on any atom is -0.504 e. The van der Waals surface area contributed by atoms with Gasteiger partial charge in [0.25, 0.3) is 0 Å². The van der Waals surface area contributed by atoms with E-state index in [1.54, 1.807) is 0 Å². The van der Waals surface area contributed by atoms with Gasteiger partial charge in [-0.1, -0.05) is 12.7 Å². The fourth-order valence-electron chi connectivity index (χ4n) is 0.947. The fraction of sp³-hybridized carbons (Fsp3) is 0.111. The Morgan fingerprint density at radius 2 is 1.83 bits per heavy atom. The summed E-state index contributed by atoms with van der Waals surface area (Å²) in [5.74, 6) is -0.0969. The van der Waals surface area contributed by atoms with Gasteiger partial charge in [0.15, 0.2) is 11.5 Å². The van der Waals surface area contributed by atoms with Crippen LogP contribution in [0.5, 0.6) is 17.2 Å². The van der Waals surface area contributed by atoms with Crippen LogP contribution in [0.3, 0.4) is 0 Å². The first kappa shape index (κ1) is 8.46. The van der Waals surface area contributed by atoms with Crippen molar-refractivity contribution in [2.75, 3.05) is 7.11 Å². The fourth-order valence-corrected chi connectivity index (χ4v) is 0.947. The largest absolute Gasteiger partial charge is 0.504 e. The topological polar surface area (TPSA) is 49.7 Å². The Hall–Kier alpha value is -1.64. The lowest BCUT2D eigenvalue weighted by Crippen LogP contribution is -1.85. The number of phenols is 2. The predicted molar refractivity (Wildman–Crippen MR) is 46.4 cm³/mol. The quantitative estimate of drug-likeness (QED) is 0.703. The highest BCUT2D eigenvalue weighted by molar-refractivity contribution is 5.60. The molecule has 0 spiro atoms. The molecule has 0 amide bonds. The minimum atomic E-state index is -0.0904. The number of hydrogen-bond donors (Lipinski definition) is 2. The zero-order valence-electron chi connectivity index (χ0n) is 6.74. The molecule has 1 rings (SSSR count). The third kappa shape index (κ3) is 1.34. The number of benzene rings is 1. The molecule has 1 aromatic rings. The van der Waals surface area contributed by atoms with E-state index in [0.717, 1.165) is 0 Å². The van der Waals surface area contributed by atoms with Crippen molar-refractivity contribution in [1.82, 2.24) is 0 Å². The van der Waals surface area contributed by atoms with Gasteiger partial charge in [0.1, 0.15) is 0 Å². The highest BCUT2D eigenvalue weighted by atomic mass is 16.5. The number of aromatic hydroxyl groups is 2. The molecule has 0 saturated heterocycles. The molecule has 1 aromatic carbocycles. The highest BCUT2D eigenvalue weighted by Gasteiger charge is 2.07. The van der Waals surface area contributed by atoms with Crippen LogP contribution >= 0.6 is 0 Å². The molecule has 3 heteroatoms. The second-order valence-electron chi connectivity index (χ2n) is 2.30. The Balaban J connectivity index is 3.27. The zero-order chi connectivity index (χ0) is 9.14. The zero-order valence-corrected chi connectivity index (χ0v) is 6.74. The summed E-state index contributed by atoms with van der Waals surface area (Å²) in [7, 11) is 1.38. The third-order valence-electron chi connectivity index (χ3n) is 1.51. The lowest BCUT2D eigenvalue weighted by molar-refractivity contribution is 0.344. The molecular formula is C9H10O3. The Morgan fingerprint density at radius 3 is 2.17 bits per heavy atom. The van der Waals surface area contributed by atoms with Crippen molar-refractivity contribution in [1.29, 1.82) is 0 Å². The standard InChI is InChI=1S/C9H10O3/c1-3-6-4-7(10)9(12-2)8(11)5-6/h3-5,10-11H,1H2,2H3. The summed E-state index contributed by atoms with van der Waals surface area (Å²) in [6.07, 6.45) is 1.53. The van der Waals surface area contributed by atoms with E-state index in [2.05, 4.69) is 6.58 Å². The molecule has 0 aromatic heterocycles. The molecule has 12 heavy (non-hydrogen) atoms. The Morgan fingerprint density at radius 1 is 1.33 bits per heavy atom. The van der Waals surface area contributed by atoms with Crippen molar-refractivity contribution in [2.45, 2.75) is 0 Å². The summed E-state index contributed by atoms with van der Waals surface area (Å²) in [5, 5.41) is 18.5. The Bertz CT molecular complexity index is 282. The van der Waals surface area contributed by atoms with E-state index in [4.69, 9.17) is 4.74 Å². The maximum absolute atomic E-state index is 9.27. The maximum Gasteiger partial charge on any atom is 0.202 e. The van der Waals surface area contributed by atoms with E-state index >= 15 is 0 Å². The van der Waals surface area contributed by atoms with Gasteiger partial charge in [0.2, 0.25) is 5.75 Å². The first-order valence-electron chi connectivity index (χ1n) is 3.41. The molecule has 0 aliphatic carbocycles. The van der Waals surface area contributed by atoms with Crippen LogP contribution in [0.1, 0.15) is 5.56 Å². The molecule has 0 aliphatic heterocycles. The average Bonchev–Trinajstić information content (AvgIpc) is 2.03. The van der Waals surface area contributed by atoms with Gasteiger partial charge in [0.05, 0.1) is 7.11 Å². The second kappa shape index (κ2) is 3.17. The van der Waals surface area contributed by atoms with Gasteiger partial charge < -0.3 is 14.9 Å². The van der Waals surface area contributed by atoms with Crippen molar-refractivity contribution < 1.29 is 14.9 Å². The van der Waals surface area contributed by atoms with Gasteiger partial charge in [0, 0.05) is 0 Å². The molecule has 0 bridgehead atoms. The maximum atomic E-state index is 9.27. The number of hydrogen-bond acceptors (Lipinski definition) is 3. The normalized spacial score (nSPS) is 9.42. The number of rotatable bonds is 2. The molecular weight excluding hydrogens is 156 g/mol. The summed E-state index contributed by atoms with van der Waals surface area (Å²) in [6, 6.07) is 2.93. The van der Waals surface area contributed by atoms with Crippen LogP contribution in [-0.4, -0.2) is 17.3 Å². The number of ether oxygens (including phenoxy) is 1. The van der Waals surface area contributed by atoms with Gasteiger partial charge in [-0.3, -0.25) is 0 Å².